The average molecular weight is 203 g/mol. The molecule has 0 atom stereocenters. The van der Waals surface area contributed by atoms with E-state index in [-0.39, 0.29) is 0 Å². The number of allylic oxidation sites excluding steroid dienone is 3. The smallest absolute Gasteiger partial charge is 0.174 e. The van der Waals surface area contributed by atoms with E-state index in [1.807, 2.05) is 0 Å². The molecule has 1 aliphatic rings. The van der Waals surface area contributed by atoms with Gasteiger partial charge in [0.2, 0.25) is 0 Å². The molecule has 0 spiro atoms. The van der Waals surface area contributed by atoms with Crippen molar-refractivity contribution < 1.29 is 0 Å². The Morgan fingerprint density at radius 1 is 1.62 bits per heavy atom. The Kier molecular flexibility index (Phi) is 7.03. The lowest BCUT2D eigenvalue weighted by Crippen LogP contribution is -1.47. The van der Waals surface area contributed by atoms with Gasteiger partial charge in [-0.3, -0.25) is 0 Å². The van der Waals surface area contributed by atoms with Crippen LogP contribution in [0.15, 0.2) is 22.5 Å². The number of rotatable bonds is 0. The van der Waals surface area contributed by atoms with Crippen molar-refractivity contribution in [3.63, 3.8) is 0 Å². The van der Waals surface area contributed by atoms with Gasteiger partial charge in [0.05, 0.1) is 0 Å². The maximum absolute atomic E-state index is 2.97. The number of hydrogen-bond donors (Lipinski definition) is 1. The lowest BCUT2D eigenvalue weighted by molar-refractivity contribution is 1.70. The molecule has 3 heteroatoms. The number of hydrogen-bond acceptors (Lipinski definition) is 0. The van der Waals surface area contributed by atoms with Crippen LogP contribution in [0, 0.1) is 0 Å². The van der Waals surface area contributed by atoms with Crippen LogP contribution >= 0.6 is 24.6 Å². The topological polar surface area (TPSA) is 0 Å². The number of halogens is 1. The Hall–Kier alpha value is 1.08. The Labute approximate surface area is 73.1 Å². The molecule has 8 radical (unpaired) electrons. The van der Waals surface area contributed by atoms with Crippen LogP contribution in [0.5, 0.6) is 0 Å². The molecule has 0 aromatic rings. The fourth-order valence-corrected chi connectivity index (χ4v) is 0.965. The summed E-state index contributed by atoms with van der Waals surface area (Å²) >= 11 is 6.01. The predicted molar refractivity (Wildman–Crippen MR) is 46.6 cm³/mol. The SMILES string of the molecule is CC1=CC=C[SH]1.[Mg+2][Br]. The number of thiol groups is 1. The highest BCUT2D eigenvalue weighted by molar-refractivity contribution is 9.22. The lowest BCUT2D eigenvalue weighted by atomic mass is 10.5. The van der Waals surface area contributed by atoms with E-state index in [2.05, 4.69) is 37.4 Å². The highest BCUT2D eigenvalue weighted by atomic mass is 79.9. The van der Waals surface area contributed by atoms with Crippen molar-refractivity contribution in [2.75, 3.05) is 0 Å². The minimum absolute atomic E-state index is 1.37. The summed E-state index contributed by atoms with van der Waals surface area (Å²) in [6, 6.07) is 0. The van der Waals surface area contributed by atoms with Crippen molar-refractivity contribution in [2.45, 2.75) is 6.92 Å². The minimum atomic E-state index is 1.37. The van der Waals surface area contributed by atoms with E-state index in [9.17, 15) is 0 Å². The van der Waals surface area contributed by atoms with Crippen LogP contribution in [0.25, 0.3) is 0 Å². The molecule has 0 nitrogen and oxygen atoms in total. The molecule has 0 fully saturated rings. The Bertz CT molecular complexity index is 109. The van der Waals surface area contributed by atoms with Crippen molar-refractivity contribution in [1.82, 2.24) is 0 Å². The molecule has 0 saturated carbocycles. The monoisotopic (exact) mass is 202 g/mol. The lowest BCUT2D eigenvalue weighted by Gasteiger charge is -1.81. The van der Waals surface area contributed by atoms with Gasteiger partial charge in [0.1, 0.15) is 0 Å². The standard InChI is InChI=1S/C5H7S.BrH.Mg/c1-5-3-2-4-6-5;;/h2-4,6H,1H3;1H;/q;;+3/p-1. The van der Waals surface area contributed by atoms with Crippen LogP contribution in [0.1, 0.15) is 6.92 Å². The maximum Gasteiger partial charge on any atom is 1.52 e. The van der Waals surface area contributed by atoms with Crippen LogP contribution < -0.4 is 0 Å². The molecule has 0 unspecified atom stereocenters. The summed E-state index contributed by atoms with van der Waals surface area (Å²) in [5.74, 6) is 0. The third-order valence-corrected chi connectivity index (χ3v) is 1.58. The zero-order chi connectivity index (χ0) is 6.41. The first-order valence-corrected chi connectivity index (χ1v) is 7.07. The second kappa shape index (κ2) is 6.20. The van der Waals surface area contributed by atoms with Crippen LogP contribution in [0.3, 0.4) is 0 Å². The third-order valence-electron chi connectivity index (χ3n) is 0.702. The second-order valence-electron chi connectivity index (χ2n) is 1.28. The molecular formula is C5H7BrMgS+2. The maximum atomic E-state index is 2.97. The van der Waals surface area contributed by atoms with E-state index < -0.39 is 0 Å². The second-order valence-corrected chi connectivity index (χ2v) is 2.54. The predicted octanol–water partition coefficient (Wildman–Crippen LogP) is 2.35. The molecule has 40 valence electrons. The van der Waals surface area contributed by atoms with Gasteiger partial charge in [0, 0.05) is 0 Å². The fraction of sp³-hybridized carbons (Fsp3) is 0.200. The molecule has 0 amide bonds. The Morgan fingerprint density at radius 3 is 2.38 bits per heavy atom. The highest BCUT2D eigenvalue weighted by Crippen LogP contribution is 2.20. The van der Waals surface area contributed by atoms with E-state index >= 15 is 0 Å². The summed E-state index contributed by atoms with van der Waals surface area (Å²) in [6.45, 7) is 2.13. The van der Waals surface area contributed by atoms with Crippen LogP contribution in [-0.2, 0) is 0 Å². The van der Waals surface area contributed by atoms with Crippen molar-refractivity contribution in [1.29, 1.82) is 0 Å². The molecule has 1 heterocycles. The molecule has 0 bridgehead atoms. The Balaban J connectivity index is 0.000000222. The molecule has 1 rings (SSSR count). The van der Waals surface area contributed by atoms with Gasteiger partial charge < -0.3 is 0 Å². The first kappa shape index (κ1) is 9.08. The van der Waals surface area contributed by atoms with Gasteiger partial charge in [-0.15, -0.1) is 0 Å². The average Bonchev–Trinajstić information content (AvgIpc) is 2.24. The van der Waals surface area contributed by atoms with E-state index in [0.717, 1.165) is 0 Å². The summed E-state index contributed by atoms with van der Waals surface area (Å²) in [5, 5.41) is 2.13. The largest absolute Gasteiger partial charge is 1.52 e. The molecule has 0 N–H and O–H groups in total. The molecule has 0 aromatic heterocycles. The molecular weight excluding hydrogens is 196 g/mol. The molecule has 0 saturated heterocycles. The molecule has 0 aromatic carbocycles. The van der Waals surface area contributed by atoms with E-state index in [0.29, 0.717) is 0 Å². The Morgan fingerprint density at radius 2 is 2.25 bits per heavy atom. The van der Waals surface area contributed by atoms with Gasteiger partial charge in [-0.25, -0.2) is 0 Å². The van der Waals surface area contributed by atoms with Crippen LogP contribution in [0.4, 0.5) is 0 Å². The summed E-state index contributed by atoms with van der Waals surface area (Å²) in [7, 11) is 0. The van der Waals surface area contributed by atoms with Gasteiger partial charge in [-0.2, -0.15) is 11.8 Å². The van der Waals surface area contributed by atoms with Gasteiger partial charge in [0.25, 0.3) is 0 Å². The van der Waals surface area contributed by atoms with E-state index in [4.69, 9.17) is 0 Å². The molecule has 8 heavy (non-hydrogen) atoms. The van der Waals surface area contributed by atoms with Crippen molar-refractivity contribution in [2.24, 2.45) is 0 Å². The fourth-order valence-electron chi connectivity index (χ4n) is 0.386. The van der Waals surface area contributed by atoms with Crippen molar-refractivity contribution >= 4 is 44.2 Å². The summed E-state index contributed by atoms with van der Waals surface area (Å²) < 4.78 is 0. The van der Waals surface area contributed by atoms with Crippen LogP contribution in [0.2, 0.25) is 0 Å². The third kappa shape index (κ3) is 4.01. The molecule has 0 aliphatic carbocycles. The van der Waals surface area contributed by atoms with Gasteiger partial charge in [-0.05, 0) is 17.2 Å². The summed E-state index contributed by atoms with van der Waals surface area (Å²) in [5.41, 5.74) is 0. The quantitative estimate of drug-likeness (QED) is 0.453. The molecule has 1 aliphatic heterocycles. The van der Waals surface area contributed by atoms with Crippen LogP contribution in [-0.4, -0.2) is 19.5 Å². The van der Waals surface area contributed by atoms with Crippen molar-refractivity contribution in [3.05, 3.63) is 22.5 Å². The minimum Gasteiger partial charge on any atom is -0.174 e. The first-order chi connectivity index (χ1) is 3.89. The van der Waals surface area contributed by atoms with Gasteiger partial charge >= 0.3 is 32.4 Å². The summed E-state index contributed by atoms with van der Waals surface area (Å²) in [4.78, 5) is 1.44. The van der Waals surface area contributed by atoms with Gasteiger partial charge in [0.15, 0.2) is 0 Å². The van der Waals surface area contributed by atoms with E-state index in [1.54, 1.807) is 19.5 Å². The normalized spacial score (nSPS) is 14.6. The zero-order valence-corrected chi connectivity index (χ0v) is 8.66. The first-order valence-electron chi connectivity index (χ1n) is 2.20. The van der Waals surface area contributed by atoms with Crippen molar-refractivity contribution in [3.8, 4) is 0 Å². The highest BCUT2D eigenvalue weighted by Gasteiger charge is 2.13. The zero-order valence-electron chi connectivity index (χ0n) is 4.76. The van der Waals surface area contributed by atoms with E-state index in [1.165, 1.54) is 16.7 Å². The summed E-state index contributed by atoms with van der Waals surface area (Å²) in [6.07, 6.45) is 4.21. The van der Waals surface area contributed by atoms with Gasteiger partial charge in [-0.1, -0.05) is 12.2 Å².